The lowest BCUT2D eigenvalue weighted by atomic mass is 10.0. The van der Waals surface area contributed by atoms with Crippen molar-refractivity contribution < 1.29 is 4.52 Å². The first-order chi connectivity index (χ1) is 6.38. The quantitative estimate of drug-likeness (QED) is 0.704. The van der Waals surface area contributed by atoms with Crippen LogP contribution in [0.25, 0.3) is 0 Å². The zero-order chi connectivity index (χ0) is 9.10. The molecule has 0 aromatic carbocycles. The molecule has 0 aliphatic heterocycles. The summed E-state index contributed by atoms with van der Waals surface area (Å²) in [7, 11) is 0. The van der Waals surface area contributed by atoms with Crippen molar-refractivity contribution in [3.8, 4) is 0 Å². The van der Waals surface area contributed by atoms with E-state index in [1.54, 1.807) is 0 Å². The molecule has 2 rings (SSSR count). The van der Waals surface area contributed by atoms with Crippen molar-refractivity contribution >= 4 is 11.6 Å². The van der Waals surface area contributed by atoms with Gasteiger partial charge >= 0.3 is 0 Å². The molecule has 1 aliphatic rings. The number of hydrogen-bond donors (Lipinski definition) is 0. The zero-order valence-corrected chi connectivity index (χ0v) is 8.26. The van der Waals surface area contributed by atoms with Crippen molar-refractivity contribution in [3.63, 3.8) is 0 Å². The summed E-state index contributed by atoms with van der Waals surface area (Å²) >= 11 is 5.57. The highest BCUT2D eigenvalue weighted by Crippen LogP contribution is 2.27. The molecule has 3 nitrogen and oxygen atoms in total. The third kappa shape index (κ3) is 2.21. The van der Waals surface area contributed by atoms with Crippen molar-refractivity contribution in [2.24, 2.45) is 5.92 Å². The second kappa shape index (κ2) is 4.09. The Labute approximate surface area is 82.5 Å². The van der Waals surface area contributed by atoms with Crippen LogP contribution in [-0.4, -0.2) is 10.1 Å². The fraction of sp³-hybridized carbons (Fsp3) is 0.778. The Balaban J connectivity index is 1.92. The average Bonchev–Trinajstić information content (AvgIpc) is 2.76. The van der Waals surface area contributed by atoms with Crippen molar-refractivity contribution in [1.82, 2.24) is 10.1 Å². The molecular weight excluding hydrogens is 188 g/mol. The molecule has 13 heavy (non-hydrogen) atoms. The largest absolute Gasteiger partial charge is 0.339 e. The third-order valence-electron chi connectivity index (χ3n) is 2.57. The summed E-state index contributed by atoms with van der Waals surface area (Å²) in [5, 5.41) is 3.76. The van der Waals surface area contributed by atoms with E-state index < -0.39 is 0 Å². The lowest BCUT2D eigenvalue weighted by Gasteiger charge is -2.02. The van der Waals surface area contributed by atoms with E-state index in [-0.39, 0.29) is 0 Å². The van der Waals surface area contributed by atoms with Crippen LogP contribution in [0.5, 0.6) is 0 Å². The van der Waals surface area contributed by atoms with Crippen LogP contribution < -0.4 is 0 Å². The first-order valence-corrected chi connectivity index (χ1v) is 5.29. The predicted octanol–water partition coefficient (Wildman–Crippen LogP) is 2.54. The van der Waals surface area contributed by atoms with Crippen LogP contribution in [0.1, 0.15) is 37.4 Å². The molecule has 0 atom stereocenters. The normalized spacial score (nSPS) is 18.2. The SMILES string of the molecule is ClCc1noc(CC2CCCC2)n1. The monoisotopic (exact) mass is 200 g/mol. The Kier molecular flexibility index (Phi) is 2.83. The van der Waals surface area contributed by atoms with E-state index >= 15 is 0 Å². The summed E-state index contributed by atoms with van der Waals surface area (Å²) in [4.78, 5) is 4.18. The molecule has 0 bridgehead atoms. The summed E-state index contributed by atoms with van der Waals surface area (Å²) in [5.41, 5.74) is 0. The Morgan fingerprint density at radius 3 is 2.77 bits per heavy atom. The van der Waals surface area contributed by atoms with Crippen LogP contribution in [0.3, 0.4) is 0 Å². The first kappa shape index (κ1) is 9.00. The molecule has 0 spiro atoms. The smallest absolute Gasteiger partial charge is 0.226 e. The molecule has 0 saturated heterocycles. The minimum absolute atomic E-state index is 0.341. The van der Waals surface area contributed by atoms with Crippen LogP contribution in [0.4, 0.5) is 0 Å². The van der Waals surface area contributed by atoms with E-state index in [1.807, 2.05) is 0 Å². The molecule has 1 aliphatic carbocycles. The molecule has 1 saturated carbocycles. The van der Waals surface area contributed by atoms with E-state index in [9.17, 15) is 0 Å². The second-order valence-corrected chi connectivity index (χ2v) is 3.86. The van der Waals surface area contributed by atoms with E-state index in [0.717, 1.165) is 18.2 Å². The Bertz CT molecular complexity index is 268. The standard InChI is InChI=1S/C9H13ClN2O/c10-6-8-11-9(13-12-8)5-7-3-1-2-4-7/h7H,1-6H2. The Hall–Kier alpha value is -0.570. The number of aromatic nitrogens is 2. The van der Waals surface area contributed by atoms with E-state index in [4.69, 9.17) is 16.1 Å². The van der Waals surface area contributed by atoms with Crippen molar-refractivity contribution in [3.05, 3.63) is 11.7 Å². The van der Waals surface area contributed by atoms with Gasteiger partial charge in [-0.1, -0.05) is 18.0 Å². The van der Waals surface area contributed by atoms with Gasteiger partial charge in [0.05, 0.1) is 5.88 Å². The summed E-state index contributed by atoms with van der Waals surface area (Å²) in [6.07, 6.45) is 6.24. The maximum Gasteiger partial charge on any atom is 0.226 e. The molecule has 72 valence electrons. The van der Waals surface area contributed by atoms with Gasteiger partial charge in [0.15, 0.2) is 5.82 Å². The molecule has 4 heteroatoms. The molecule has 1 aromatic rings. The zero-order valence-electron chi connectivity index (χ0n) is 7.50. The van der Waals surface area contributed by atoms with Crippen molar-refractivity contribution in [2.45, 2.75) is 38.0 Å². The number of alkyl halides is 1. The van der Waals surface area contributed by atoms with Crippen LogP contribution >= 0.6 is 11.6 Å². The van der Waals surface area contributed by atoms with Crippen LogP contribution in [0.15, 0.2) is 4.52 Å². The van der Waals surface area contributed by atoms with Gasteiger partial charge in [0.25, 0.3) is 0 Å². The highest BCUT2D eigenvalue weighted by atomic mass is 35.5. The van der Waals surface area contributed by atoms with Gasteiger partial charge in [-0.2, -0.15) is 4.98 Å². The lowest BCUT2D eigenvalue weighted by molar-refractivity contribution is 0.350. The average molecular weight is 201 g/mol. The minimum atomic E-state index is 0.341. The van der Waals surface area contributed by atoms with E-state index in [2.05, 4.69) is 10.1 Å². The number of halogens is 1. The molecule has 0 radical (unpaired) electrons. The van der Waals surface area contributed by atoms with Crippen LogP contribution in [0.2, 0.25) is 0 Å². The fourth-order valence-corrected chi connectivity index (χ4v) is 2.00. The van der Waals surface area contributed by atoms with Gasteiger partial charge < -0.3 is 4.52 Å². The molecule has 1 fully saturated rings. The summed E-state index contributed by atoms with van der Waals surface area (Å²) in [6.45, 7) is 0. The second-order valence-electron chi connectivity index (χ2n) is 3.59. The maximum absolute atomic E-state index is 5.57. The van der Waals surface area contributed by atoms with Crippen molar-refractivity contribution in [2.75, 3.05) is 0 Å². The fourth-order valence-electron chi connectivity index (χ4n) is 1.89. The van der Waals surface area contributed by atoms with Gasteiger partial charge in [-0.25, -0.2) is 0 Å². The lowest BCUT2D eigenvalue weighted by Crippen LogP contribution is -1.98. The predicted molar refractivity (Wildman–Crippen MR) is 49.5 cm³/mol. The van der Waals surface area contributed by atoms with Gasteiger partial charge in [-0.15, -0.1) is 11.6 Å². The number of nitrogens with zero attached hydrogens (tertiary/aromatic N) is 2. The number of rotatable bonds is 3. The molecular formula is C9H13ClN2O. The highest BCUT2D eigenvalue weighted by Gasteiger charge is 2.18. The highest BCUT2D eigenvalue weighted by molar-refractivity contribution is 6.16. The number of hydrogen-bond acceptors (Lipinski definition) is 3. The Morgan fingerprint density at radius 2 is 2.15 bits per heavy atom. The first-order valence-electron chi connectivity index (χ1n) is 4.76. The Morgan fingerprint density at radius 1 is 1.38 bits per heavy atom. The summed E-state index contributed by atoms with van der Waals surface area (Å²) in [6, 6.07) is 0. The van der Waals surface area contributed by atoms with Crippen molar-refractivity contribution in [1.29, 1.82) is 0 Å². The van der Waals surface area contributed by atoms with Crippen LogP contribution in [0, 0.1) is 5.92 Å². The van der Waals surface area contributed by atoms with Gasteiger partial charge in [0.2, 0.25) is 5.89 Å². The van der Waals surface area contributed by atoms with Gasteiger partial charge in [0, 0.05) is 6.42 Å². The van der Waals surface area contributed by atoms with Crippen LogP contribution in [-0.2, 0) is 12.3 Å². The molecule has 0 amide bonds. The van der Waals surface area contributed by atoms with Gasteiger partial charge in [-0.3, -0.25) is 0 Å². The molecule has 0 unspecified atom stereocenters. The third-order valence-corrected chi connectivity index (χ3v) is 2.81. The van der Waals surface area contributed by atoms with Gasteiger partial charge in [0.1, 0.15) is 0 Å². The summed E-state index contributed by atoms with van der Waals surface area (Å²) in [5.74, 6) is 2.45. The van der Waals surface area contributed by atoms with Gasteiger partial charge in [-0.05, 0) is 18.8 Å². The van der Waals surface area contributed by atoms with E-state index in [0.29, 0.717) is 11.7 Å². The topological polar surface area (TPSA) is 38.9 Å². The molecule has 1 heterocycles. The summed E-state index contributed by atoms with van der Waals surface area (Å²) < 4.78 is 5.07. The maximum atomic E-state index is 5.57. The molecule has 0 N–H and O–H groups in total. The molecule has 1 aromatic heterocycles. The van der Waals surface area contributed by atoms with E-state index in [1.165, 1.54) is 25.7 Å². The minimum Gasteiger partial charge on any atom is -0.339 e.